The number of aromatic nitrogens is 2. The lowest BCUT2D eigenvalue weighted by molar-refractivity contribution is -0.141. The monoisotopic (exact) mass is 488 g/mol. The van der Waals surface area contributed by atoms with Gasteiger partial charge in [-0.25, -0.2) is 22.8 Å². The minimum atomic E-state index is -3.50. The second-order valence-corrected chi connectivity index (χ2v) is 11.5. The normalized spacial score (nSPS) is 20.1. The lowest BCUT2D eigenvalue weighted by atomic mass is 9.88. The number of anilines is 1. The van der Waals surface area contributed by atoms with E-state index in [1.54, 1.807) is 13.0 Å². The maximum Gasteiger partial charge on any atom is 0.226 e. The van der Waals surface area contributed by atoms with Gasteiger partial charge in [0.25, 0.3) is 0 Å². The van der Waals surface area contributed by atoms with Crippen LogP contribution in [0.25, 0.3) is 0 Å². The summed E-state index contributed by atoms with van der Waals surface area (Å²) in [4.78, 5) is 26.5. The van der Waals surface area contributed by atoms with E-state index in [4.69, 9.17) is 0 Å². The Balaban J connectivity index is 1.40. The van der Waals surface area contributed by atoms with Crippen LogP contribution >= 0.6 is 0 Å². The minimum Gasteiger partial charge on any atom is -0.341 e. The molecule has 184 valence electrons. The molecular formula is C25H33FN4O3S. The number of carbonyl (C=O) groups is 1. The number of hydrogen-bond acceptors (Lipinski definition) is 6. The molecule has 1 aromatic carbocycles. The van der Waals surface area contributed by atoms with E-state index in [1.807, 2.05) is 17.3 Å². The molecule has 3 heterocycles. The lowest BCUT2D eigenvalue weighted by Gasteiger charge is -2.42. The first-order valence-electron chi connectivity index (χ1n) is 12.0. The largest absolute Gasteiger partial charge is 0.341 e. The summed E-state index contributed by atoms with van der Waals surface area (Å²) >= 11 is 0. The van der Waals surface area contributed by atoms with E-state index in [-0.39, 0.29) is 22.8 Å². The van der Waals surface area contributed by atoms with Gasteiger partial charge < -0.3 is 9.80 Å². The highest BCUT2D eigenvalue weighted by molar-refractivity contribution is 7.90. The van der Waals surface area contributed by atoms with Crippen molar-refractivity contribution in [2.24, 2.45) is 5.92 Å². The highest BCUT2D eigenvalue weighted by Gasteiger charge is 2.35. The van der Waals surface area contributed by atoms with Gasteiger partial charge >= 0.3 is 0 Å². The third kappa shape index (κ3) is 5.24. The molecule has 2 aromatic rings. The number of nitrogens with zero attached hydrogens (tertiary/aromatic N) is 4. The Morgan fingerprint density at radius 3 is 2.38 bits per heavy atom. The quantitative estimate of drug-likeness (QED) is 0.620. The number of aryl methyl sites for hydroxylation is 2. The predicted octanol–water partition coefficient (Wildman–Crippen LogP) is 3.34. The van der Waals surface area contributed by atoms with Gasteiger partial charge in [-0.15, -0.1) is 0 Å². The Labute approximate surface area is 201 Å². The molecule has 0 unspecified atom stereocenters. The molecule has 0 bridgehead atoms. The van der Waals surface area contributed by atoms with E-state index in [0.717, 1.165) is 75.6 Å². The summed E-state index contributed by atoms with van der Waals surface area (Å²) in [6, 6.07) is 2.84. The number of benzene rings is 1. The fourth-order valence-corrected chi connectivity index (χ4v) is 6.11. The number of sulfone groups is 1. The third-order valence-electron chi connectivity index (χ3n) is 7.08. The molecule has 0 radical (unpaired) electrons. The molecule has 2 saturated heterocycles. The zero-order valence-corrected chi connectivity index (χ0v) is 20.9. The summed E-state index contributed by atoms with van der Waals surface area (Å²) in [6.07, 6.45) is 9.34. The van der Waals surface area contributed by atoms with Crippen LogP contribution < -0.4 is 4.90 Å². The van der Waals surface area contributed by atoms with Gasteiger partial charge in [-0.3, -0.25) is 4.79 Å². The van der Waals surface area contributed by atoms with Crippen molar-refractivity contribution in [3.8, 4) is 0 Å². The van der Waals surface area contributed by atoms with Crippen LogP contribution in [0, 0.1) is 18.7 Å². The van der Waals surface area contributed by atoms with Gasteiger partial charge in [-0.05, 0) is 68.2 Å². The van der Waals surface area contributed by atoms with Crippen molar-refractivity contribution in [3.63, 3.8) is 0 Å². The second-order valence-electron chi connectivity index (χ2n) is 9.52. The van der Waals surface area contributed by atoms with E-state index in [1.165, 1.54) is 0 Å². The molecule has 9 heteroatoms. The number of rotatable bonds is 6. The molecule has 0 spiro atoms. The number of amides is 1. The molecule has 4 rings (SSSR count). The zero-order chi connectivity index (χ0) is 24.5. The van der Waals surface area contributed by atoms with Crippen molar-refractivity contribution in [2.45, 2.75) is 63.3 Å². The molecule has 2 aliphatic rings. The van der Waals surface area contributed by atoms with E-state index < -0.39 is 15.7 Å². The number of piperidine rings is 2. The first-order chi connectivity index (χ1) is 16.2. The van der Waals surface area contributed by atoms with Crippen LogP contribution in [-0.2, 0) is 27.5 Å². The van der Waals surface area contributed by atoms with E-state index >= 15 is 0 Å². The van der Waals surface area contributed by atoms with Gasteiger partial charge in [0.05, 0.1) is 4.90 Å². The molecule has 0 saturated carbocycles. The maximum atomic E-state index is 14.7. The van der Waals surface area contributed by atoms with Crippen LogP contribution in [-0.4, -0.2) is 61.1 Å². The van der Waals surface area contributed by atoms with Crippen molar-refractivity contribution in [2.75, 3.05) is 30.8 Å². The van der Waals surface area contributed by atoms with E-state index in [2.05, 4.69) is 21.8 Å². The van der Waals surface area contributed by atoms with Crippen LogP contribution in [0.2, 0.25) is 0 Å². The molecular weight excluding hydrogens is 455 g/mol. The van der Waals surface area contributed by atoms with Crippen LogP contribution in [0.3, 0.4) is 0 Å². The summed E-state index contributed by atoms with van der Waals surface area (Å²) in [6.45, 7) is 6.07. The summed E-state index contributed by atoms with van der Waals surface area (Å²) in [5, 5.41) is 0. The van der Waals surface area contributed by atoms with Crippen molar-refractivity contribution in [1.29, 1.82) is 0 Å². The Kier molecular flexibility index (Phi) is 7.21. The molecule has 1 atom stereocenters. The van der Waals surface area contributed by atoms with Crippen molar-refractivity contribution >= 4 is 21.7 Å². The number of likely N-dealkylation sites (tertiary alicyclic amines) is 1. The van der Waals surface area contributed by atoms with Crippen molar-refractivity contribution in [3.05, 3.63) is 47.0 Å². The van der Waals surface area contributed by atoms with Gasteiger partial charge in [-0.1, -0.05) is 13.0 Å². The Hall–Kier alpha value is -2.55. The van der Waals surface area contributed by atoms with Crippen LogP contribution in [0.4, 0.5) is 10.3 Å². The van der Waals surface area contributed by atoms with Crippen LogP contribution in [0.1, 0.15) is 49.3 Å². The summed E-state index contributed by atoms with van der Waals surface area (Å²) < 4.78 is 38.5. The average Bonchev–Trinajstić information content (AvgIpc) is 2.82. The average molecular weight is 489 g/mol. The van der Waals surface area contributed by atoms with Gasteiger partial charge in [0, 0.05) is 50.2 Å². The Morgan fingerprint density at radius 2 is 1.76 bits per heavy atom. The highest BCUT2D eigenvalue weighted by Crippen LogP contribution is 2.30. The summed E-state index contributed by atoms with van der Waals surface area (Å²) in [5.74, 6) is -0.0209. The molecule has 34 heavy (non-hydrogen) atoms. The van der Waals surface area contributed by atoms with Gasteiger partial charge in [0.15, 0.2) is 9.84 Å². The molecule has 1 aromatic heterocycles. The van der Waals surface area contributed by atoms with E-state index in [9.17, 15) is 17.6 Å². The molecule has 2 fully saturated rings. The molecule has 1 amide bonds. The lowest BCUT2D eigenvalue weighted by Crippen LogP contribution is -2.52. The molecule has 2 aliphatic heterocycles. The van der Waals surface area contributed by atoms with Gasteiger partial charge in [0.1, 0.15) is 5.82 Å². The Bertz CT molecular complexity index is 1150. The van der Waals surface area contributed by atoms with Gasteiger partial charge in [0.2, 0.25) is 11.9 Å². The molecule has 0 aliphatic carbocycles. The first kappa shape index (κ1) is 24.6. The molecule has 7 nitrogen and oxygen atoms in total. The van der Waals surface area contributed by atoms with Crippen molar-refractivity contribution < 1.29 is 17.6 Å². The fourth-order valence-electron chi connectivity index (χ4n) is 5.14. The zero-order valence-electron chi connectivity index (χ0n) is 20.1. The van der Waals surface area contributed by atoms with Crippen LogP contribution in [0.15, 0.2) is 29.4 Å². The van der Waals surface area contributed by atoms with Crippen molar-refractivity contribution in [1.82, 2.24) is 14.9 Å². The topological polar surface area (TPSA) is 83.5 Å². The fraction of sp³-hybridized carbons (Fsp3) is 0.560. The highest BCUT2D eigenvalue weighted by atomic mass is 32.2. The smallest absolute Gasteiger partial charge is 0.226 e. The molecule has 0 N–H and O–H groups in total. The first-order valence-corrected chi connectivity index (χ1v) is 13.9. The Morgan fingerprint density at radius 1 is 1.09 bits per heavy atom. The number of hydrogen-bond donors (Lipinski definition) is 0. The summed E-state index contributed by atoms with van der Waals surface area (Å²) in [5.41, 5.74) is 2.04. The van der Waals surface area contributed by atoms with E-state index in [0.29, 0.717) is 17.5 Å². The van der Waals surface area contributed by atoms with Gasteiger partial charge in [-0.2, -0.15) is 0 Å². The minimum absolute atomic E-state index is 0.00502. The SMILES string of the molecule is CCc1cnc(N2CCC(N3CCC[C@H](Cc4cc(C)c(S(C)(=O)=O)cc4F)C3=O)CC2)nc1. The number of halogens is 1. The number of carbonyl (C=O) groups excluding carboxylic acids is 1. The second kappa shape index (κ2) is 9.98. The third-order valence-corrected chi connectivity index (χ3v) is 8.32. The predicted molar refractivity (Wildman–Crippen MR) is 129 cm³/mol. The maximum absolute atomic E-state index is 14.7. The standard InChI is InChI=1S/C25H33FN4O3S/c1-4-18-15-27-25(28-16-18)29-10-7-21(8-11-29)30-9-5-6-19(24(30)31)13-20-12-17(2)23(14-22(20)26)34(3,32)33/h12,14-16,19,21H,4-11,13H2,1-3H3/t19-/m1/s1. The van der Waals surface area contributed by atoms with Crippen LogP contribution in [0.5, 0.6) is 0 Å². The summed E-state index contributed by atoms with van der Waals surface area (Å²) in [7, 11) is -3.50.